The van der Waals surface area contributed by atoms with Gasteiger partial charge in [-0.15, -0.1) is 0 Å². The van der Waals surface area contributed by atoms with Crippen molar-refractivity contribution in [2.24, 2.45) is 5.92 Å². The Bertz CT molecular complexity index is 1000. The van der Waals surface area contributed by atoms with Crippen molar-refractivity contribution in [3.63, 3.8) is 0 Å². The molecule has 186 valence electrons. The normalized spacial score (nSPS) is 19.7. The van der Waals surface area contributed by atoms with E-state index in [1.165, 1.54) is 0 Å². The van der Waals surface area contributed by atoms with Crippen LogP contribution in [0.1, 0.15) is 25.0 Å². The van der Waals surface area contributed by atoms with Crippen LogP contribution in [0.2, 0.25) is 10.0 Å². The molecule has 0 bridgehead atoms. The molecule has 0 saturated heterocycles. The molecule has 1 heterocycles. The fourth-order valence-electron chi connectivity index (χ4n) is 4.23. The average Bonchev–Trinajstić information content (AvgIpc) is 2.83. The van der Waals surface area contributed by atoms with Crippen LogP contribution in [0.3, 0.4) is 0 Å². The second kappa shape index (κ2) is 11.6. The number of anilines is 1. The van der Waals surface area contributed by atoms with Gasteiger partial charge in [0.05, 0.1) is 29.1 Å². The van der Waals surface area contributed by atoms with Crippen LogP contribution in [-0.2, 0) is 17.8 Å². The van der Waals surface area contributed by atoms with E-state index in [4.69, 9.17) is 27.9 Å². The molecule has 0 fully saturated rings. The van der Waals surface area contributed by atoms with Gasteiger partial charge < -0.3 is 19.6 Å². The molecule has 3 atom stereocenters. The lowest BCUT2D eigenvalue weighted by Crippen LogP contribution is -2.47. The van der Waals surface area contributed by atoms with Gasteiger partial charge in [0, 0.05) is 50.9 Å². The fraction of sp³-hybridized carbons (Fsp3) is 0.500. The first-order valence-electron chi connectivity index (χ1n) is 11.6. The first kappa shape index (κ1) is 26.6. The van der Waals surface area contributed by atoms with Gasteiger partial charge in [-0.2, -0.15) is 0 Å². The summed E-state index contributed by atoms with van der Waals surface area (Å²) in [5, 5.41) is 10.9. The Balaban J connectivity index is 1.89. The lowest BCUT2D eigenvalue weighted by molar-refractivity contribution is -0.134. The van der Waals surface area contributed by atoms with Crippen LogP contribution in [0.4, 0.5) is 5.69 Å². The van der Waals surface area contributed by atoms with E-state index in [1.807, 2.05) is 69.4 Å². The first-order chi connectivity index (χ1) is 16.1. The van der Waals surface area contributed by atoms with E-state index in [1.54, 1.807) is 4.90 Å². The third kappa shape index (κ3) is 6.57. The number of likely N-dealkylation sites (N-methyl/N-ethyl adjacent to an activating group) is 1. The summed E-state index contributed by atoms with van der Waals surface area (Å²) in [6.45, 7) is 5.76. The number of fused-ring (bicyclic) bond motifs is 1. The Hall–Kier alpha value is -1.99. The van der Waals surface area contributed by atoms with E-state index < -0.39 is 0 Å². The summed E-state index contributed by atoms with van der Waals surface area (Å²) in [4.78, 5) is 19.2. The Labute approximate surface area is 213 Å². The van der Waals surface area contributed by atoms with Crippen LogP contribution < -0.4 is 9.64 Å². The monoisotopic (exact) mass is 507 g/mol. The van der Waals surface area contributed by atoms with Gasteiger partial charge in [-0.1, -0.05) is 36.2 Å². The molecule has 1 N–H and O–H groups in total. The lowest BCUT2D eigenvalue weighted by atomic mass is 10.0. The van der Waals surface area contributed by atoms with Gasteiger partial charge in [-0.25, -0.2) is 0 Å². The number of hydrogen-bond acceptors (Lipinski definition) is 5. The molecule has 0 spiro atoms. The number of hydrogen-bond donors (Lipinski definition) is 1. The molecule has 6 nitrogen and oxygen atoms in total. The molecule has 0 saturated carbocycles. The molecule has 1 aliphatic heterocycles. The summed E-state index contributed by atoms with van der Waals surface area (Å²) in [6, 6.07) is 11.4. The smallest absolute Gasteiger partial charge is 0.227 e. The van der Waals surface area contributed by atoms with Crippen LogP contribution in [0.25, 0.3) is 0 Å². The molecule has 1 amide bonds. The number of benzene rings is 2. The van der Waals surface area contributed by atoms with Crippen molar-refractivity contribution in [1.82, 2.24) is 9.80 Å². The number of aliphatic hydroxyl groups excluding tert-OH is 1. The Kier molecular flexibility index (Phi) is 9.10. The minimum absolute atomic E-state index is 0.000957. The molecule has 8 heteroatoms. The summed E-state index contributed by atoms with van der Waals surface area (Å²) in [5.74, 6) is 0.782. The molecule has 34 heavy (non-hydrogen) atoms. The van der Waals surface area contributed by atoms with E-state index in [-0.39, 0.29) is 37.0 Å². The molecule has 0 aromatic heterocycles. The van der Waals surface area contributed by atoms with Crippen LogP contribution in [0.5, 0.6) is 5.75 Å². The topological polar surface area (TPSA) is 56.3 Å². The van der Waals surface area contributed by atoms with Gasteiger partial charge in [0.15, 0.2) is 0 Å². The minimum atomic E-state index is -0.261. The standard InChI is InChI=1S/C26H35Cl2N3O3/c1-17-13-31(18(2)16-32)26(33)12-20-11-21(29(3)4)7-9-24(20)34-25(17)15-30(5)14-19-6-8-22(27)23(28)10-19/h6-11,17-18,25,32H,12-16H2,1-5H3/t17-,18-,25-/m0/s1. The number of carbonyl (C=O) groups is 1. The molecule has 1 aliphatic rings. The number of ether oxygens (including phenoxy) is 1. The maximum Gasteiger partial charge on any atom is 0.227 e. The molecule has 0 radical (unpaired) electrons. The highest BCUT2D eigenvalue weighted by atomic mass is 35.5. The minimum Gasteiger partial charge on any atom is -0.488 e. The van der Waals surface area contributed by atoms with Crippen molar-refractivity contribution < 1.29 is 14.6 Å². The van der Waals surface area contributed by atoms with Crippen LogP contribution >= 0.6 is 23.2 Å². The zero-order chi connectivity index (χ0) is 25.0. The van der Waals surface area contributed by atoms with Crippen molar-refractivity contribution in [1.29, 1.82) is 0 Å². The SMILES string of the molecule is C[C@H]1CN([C@@H](C)CO)C(=O)Cc2cc(N(C)C)ccc2O[C@H]1CN(C)Cc1ccc(Cl)c(Cl)c1. The number of halogens is 2. The summed E-state index contributed by atoms with van der Waals surface area (Å²) in [7, 11) is 5.99. The number of amides is 1. The maximum atomic E-state index is 13.3. The highest BCUT2D eigenvalue weighted by Crippen LogP contribution is 2.30. The van der Waals surface area contributed by atoms with E-state index in [0.717, 1.165) is 22.6 Å². The summed E-state index contributed by atoms with van der Waals surface area (Å²) < 4.78 is 6.58. The molecule has 3 rings (SSSR count). The Morgan fingerprint density at radius 3 is 2.53 bits per heavy atom. The highest BCUT2D eigenvalue weighted by Gasteiger charge is 2.31. The third-order valence-corrected chi connectivity index (χ3v) is 7.08. The second-order valence-corrected chi connectivity index (χ2v) is 10.3. The van der Waals surface area contributed by atoms with Crippen molar-refractivity contribution in [2.45, 2.75) is 39.0 Å². The summed E-state index contributed by atoms with van der Waals surface area (Å²) >= 11 is 12.3. The van der Waals surface area contributed by atoms with Gasteiger partial charge >= 0.3 is 0 Å². The predicted molar refractivity (Wildman–Crippen MR) is 139 cm³/mol. The van der Waals surface area contributed by atoms with Gasteiger partial charge in [0.25, 0.3) is 0 Å². The van der Waals surface area contributed by atoms with Crippen molar-refractivity contribution >= 4 is 34.8 Å². The first-order valence-corrected chi connectivity index (χ1v) is 12.3. The maximum absolute atomic E-state index is 13.3. The van der Waals surface area contributed by atoms with Crippen LogP contribution in [0, 0.1) is 5.92 Å². The quantitative estimate of drug-likeness (QED) is 0.603. The van der Waals surface area contributed by atoms with Gasteiger partial charge in [0.1, 0.15) is 11.9 Å². The van der Waals surface area contributed by atoms with Crippen molar-refractivity contribution in [2.75, 3.05) is 45.7 Å². The number of carbonyl (C=O) groups excluding carboxylic acids is 1. The fourth-order valence-corrected chi connectivity index (χ4v) is 4.55. The molecule has 2 aromatic carbocycles. The molecular weight excluding hydrogens is 473 g/mol. The van der Waals surface area contributed by atoms with E-state index in [2.05, 4.69) is 11.8 Å². The number of aliphatic hydroxyl groups is 1. The number of rotatable bonds is 7. The molecule has 2 aromatic rings. The van der Waals surface area contributed by atoms with Gasteiger partial charge in [-0.3, -0.25) is 9.69 Å². The summed E-state index contributed by atoms with van der Waals surface area (Å²) in [6.07, 6.45) is 0.0796. The average molecular weight is 508 g/mol. The van der Waals surface area contributed by atoms with Crippen LogP contribution in [0.15, 0.2) is 36.4 Å². The molecular formula is C26H35Cl2N3O3. The zero-order valence-corrected chi connectivity index (χ0v) is 22.1. The zero-order valence-electron chi connectivity index (χ0n) is 20.6. The molecule has 0 aliphatic carbocycles. The van der Waals surface area contributed by atoms with Crippen molar-refractivity contribution in [3.05, 3.63) is 57.6 Å². The lowest BCUT2D eigenvalue weighted by Gasteiger charge is -2.34. The third-order valence-electron chi connectivity index (χ3n) is 6.34. The van der Waals surface area contributed by atoms with Crippen LogP contribution in [-0.4, -0.2) is 73.8 Å². The number of nitrogens with zero attached hydrogens (tertiary/aromatic N) is 3. The van der Waals surface area contributed by atoms with Gasteiger partial charge in [-0.05, 0) is 49.9 Å². The van der Waals surface area contributed by atoms with Crippen molar-refractivity contribution in [3.8, 4) is 5.75 Å². The summed E-state index contributed by atoms with van der Waals surface area (Å²) in [5.41, 5.74) is 2.93. The largest absolute Gasteiger partial charge is 0.488 e. The van der Waals surface area contributed by atoms with E-state index in [9.17, 15) is 9.90 Å². The van der Waals surface area contributed by atoms with E-state index >= 15 is 0 Å². The highest BCUT2D eigenvalue weighted by molar-refractivity contribution is 6.42. The Morgan fingerprint density at radius 2 is 1.88 bits per heavy atom. The van der Waals surface area contributed by atoms with E-state index in [0.29, 0.717) is 29.7 Å². The second-order valence-electron chi connectivity index (χ2n) is 9.52. The molecule has 0 unspecified atom stereocenters. The van der Waals surface area contributed by atoms with Gasteiger partial charge in [0.2, 0.25) is 5.91 Å². The predicted octanol–water partition coefficient (Wildman–Crippen LogP) is 4.34. The Morgan fingerprint density at radius 1 is 1.15 bits per heavy atom.